The maximum atomic E-state index is 13.5. The molecule has 4 rings (SSSR count). The molecule has 1 aliphatic heterocycles. The van der Waals surface area contributed by atoms with Crippen LogP contribution in [0.1, 0.15) is 39.0 Å². The van der Waals surface area contributed by atoms with E-state index in [9.17, 15) is 14.4 Å². The first-order valence-electron chi connectivity index (χ1n) is 9.27. The number of methoxy groups -OCH3 is 1. The van der Waals surface area contributed by atoms with Crippen LogP contribution in [0.25, 0.3) is 11.0 Å². The van der Waals surface area contributed by atoms with Crippen LogP contribution in [0, 0.1) is 0 Å². The van der Waals surface area contributed by atoms with Gasteiger partial charge in [-0.3, -0.25) is 9.36 Å². The molecule has 0 aromatic carbocycles. The molecule has 0 amide bonds. The van der Waals surface area contributed by atoms with E-state index in [4.69, 9.17) is 24.0 Å². The lowest BCUT2D eigenvalue weighted by molar-refractivity contribution is -0.133. The first kappa shape index (κ1) is 20.6. The molecule has 0 fully saturated rings. The number of nitrogens with zero attached hydrogens (tertiary/aromatic N) is 1. The number of thioether (sulfide) groups is 1. The van der Waals surface area contributed by atoms with Gasteiger partial charge in [0.15, 0.2) is 5.69 Å². The molecule has 0 aliphatic carbocycles. The van der Waals surface area contributed by atoms with Crippen molar-refractivity contribution in [1.29, 1.82) is 0 Å². The molecular weight excluding hydrogens is 424 g/mol. The van der Waals surface area contributed by atoms with E-state index >= 15 is 0 Å². The Hall–Kier alpha value is -3.66. The van der Waals surface area contributed by atoms with Gasteiger partial charge in [0.25, 0.3) is 5.91 Å². The minimum Gasteiger partial charge on any atom is -0.468 e. The Labute approximate surface area is 180 Å². The highest BCUT2D eigenvalue weighted by atomic mass is 32.2. The Bertz CT molecular complexity index is 1270. The summed E-state index contributed by atoms with van der Waals surface area (Å²) < 4.78 is 22.0. The number of rotatable bonds is 5. The molecule has 1 aliphatic rings. The number of nitrogens with two attached hydrogens (primary N) is 1. The average Bonchev–Trinajstić information content (AvgIpc) is 3.51. The van der Waals surface area contributed by atoms with Gasteiger partial charge in [0.05, 0.1) is 37.3 Å². The van der Waals surface area contributed by atoms with Crippen molar-refractivity contribution in [3.8, 4) is 0 Å². The third kappa shape index (κ3) is 3.44. The number of ether oxygens (including phenoxy) is 2. The van der Waals surface area contributed by atoms with Gasteiger partial charge in [-0.05, 0) is 37.3 Å². The minimum absolute atomic E-state index is 0.0136. The first-order valence-corrected chi connectivity index (χ1v) is 10.1. The van der Waals surface area contributed by atoms with Crippen LogP contribution in [0.3, 0.4) is 0 Å². The fourth-order valence-electron chi connectivity index (χ4n) is 3.31. The number of fused-ring (bicyclic) bond motifs is 1. The second-order valence-corrected chi connectivity index (χ2v) is 7.53. The number of nitrogen functional groups attached to an aromatic ring is 1. The molecule has 3 aromatic heterocycles. The maximum Gasteiger partial charge on any atom is 0.357 e. The molecule has 9 nitrogen and oxygen atoms in total. The highest BCUT2D eigenvalue weighted by Crippen LogP contribution is 2.39. The molecule has 3 aromatic rings. The predicted octanol–water partition coefficient (Wildman–Crippen LogP) is 1.67. The van der Waals surface area contributed by atoms with Crippen molar-refractivity contribution in [2.24, 2.45) is 0 Å². The minimum atomic E-state index is -0.923. The molecule has 160 valence electrons. The summed E-state index contributed by atoms with van der Waals surface area (Å²) in [7, 11) is 1.23. The third-order valence-corrected chi connectivity index (χ3v) is 5.88. The second-order valence-electron chi connectivity index (χ2n) is 6.41. The quantitative estimate of drug-likeness (QED) is 0.587. The highest BCUT2D eigenvalue weighted by molar-refractivity contribution is 8.10. The molecule has 0 spiro atoms. The Kier molecular flexibility index (Phi) is 5.47. The van der Waals surface area contributed by atoms with Gasteiger partial charge in [-0.2, -0.15) is 0 Å². The van der Waals surface area contributed by atoms with E-state index in [1.807, 2.05) is 0 Å². The summed E-state index contributed by atoms with van der Waals surface area (Å²) in [6, 6.07) is 6.59. The molecule has 31 heavy (non-hydrogen) atoms. The van der Waals surface area contributed by atoms with Crippen molar-refractivity contribution in [2.45, 2.75) is 12.2 Å². The summed E-state index contributed by atoms with van der Waals surface area (Å²) in [5, 5.41) is -0.508. The van der Waals surface area contributed by atoms with Crippen LogP contribution in [-0.2, 0) is 14.3 Å². The number of anilines is 1. The van der Waals surface area contributed by atoms with Gasteiger partial charge in [-0.15, -0.1) is 0 Å². The van der Waals surface area contributed by atoms with E-state index in [0.717, 1.165) is 16.3 Å². The van der Waals surface area contributed by atoms with E-state index in [-0.39, 0.29) is 33.5 Å². The highest BCUT2D eigenvalue weighted by Gasteiger charge is 2.39. The van der Waals surface area contributed by atoms with Crippen LogP contribution < -0.4 is 16.3 Å². The summed E-state index contributed by atoms with van der Waals surface area (Å²) in [5.74, 6) is -1.23. The zero-order valence-electron chi connectivity index (χ0n) is 16.6. The lowest BCUT2D eigenvalue weighted by Crippen LogP contribution is -2.42. The number of aromatic nitrogens is 1. The molecule has 0 unspecified atom stereocenters. The number of hydrogen-bond acceptors (Lipinski definition) is 9. The van der Waals surface area contributed by atoms with Crippen molar-refractivity contribution in [3.63, 3.8) is 0 Å². The zero-order chi connectivity index (χ0) is 22.1. The van der Waals surface area contributed by atoms with Crippen LogP contribution in [0.15, 0.2) is 45.6 Å². The van der Waals surface area contributed by atoms with Gasteiger partial charge >= 0.3 is 11.9 Å². The molecule has 1 atom stereocenters. The van der Waals surface area contributed by atoms with Crippen molar-refractivity contribution in [2.75, 3.05) is 19.5 Å². The number of furan rings is 2. The summed E-state index contributed by atoms with van der Waals surface area (Å²) in [4.78, 5) is 39.0. The standard InChI is InChI=1S/C21H18N2O7S/c1-3-28-20(25)16-14(22)12(10-11-6-4-8-29-11)15-18(21(26)27-2)31-17(19(24)23(15)16)13-7-5-9-30-13/h4-10,17H,3,22H2,1-2H3/b12-10+/t17-/m0/s1. The smallest absolute Gasteiger partial charge is 0.357 e. The van der Waals surface area contributed by atoms with Gasteiger partial charge in [0.1, 0.15) is 21.7 Å². The number of carbonyl (C=O) groups is 3. The summed E-state index contributed by atoms with van der Waals surface area (Å²) in [6.45, 7) is 1.72. The van der Waals surface area contributed by atoms with Crippen molar-refractivity contribution < 1.29 is 32.7 Å². The van der Waals surface area contributed by atoms with Gasteiger partial charge in [-0.25, -0.2) is 9.59 Å². The Morgan fingerprint density at radius 1 is 1.23 bits per heavy atom. The zero-order valence-corrected chi connectivity index (χ0v) is 17.4. The maximum absolute atomic E-state index is 13.5. The Morgan fingerprint density at radius 3 is 2.58 bits per heavy atom. The number of esters is 2. The van der Waals surface area contributed by atoms with E-state index in [1.165, 1.54) is 19.6 Å². The molecule has 10 heteroatoms. The Morgan fingerprint density at radius 2 is 1.97 bits per heavy atom. The molecule has 2 N–H and O–H groups in total. The van der Waals surface area contributed by atoms with Gasteiger partial charge in [0.2, 0.25) is 0 Å². The summed E-state index contributed by atoms with van der Waals surface area (Å²) >= 11 is 0.966. The second kappa shape index (κ2) is 8.23. The number of hydrogen-bond donors (Lipinski definition) is 1. The first-order chi connectivity index (χ1) is 15.0. The fraction of sp³-hybridized carbons (Fsp3) is 0.190. The Balaban J connectivity index is 2.11. The lowest BCUT2D eigenvalue weighted by Gasteiger charge is -2.21. The molecule has 0 radical (unpaired) electrons. The average molecular weight is 442 g/mol. The largest absolute Gasteiger partial charge is 0.468 e. The van der Waals surface area contributed by atoms with Crippen LogP contribution >= 0.6 is 11.8 Å². The topological polar surface area (TPSA) is 127 Å². The number of carbonyl (C=O) groups excluding carboxylic acids is 3. The summed E-state index contributed by atoms with van der Waals surface area (Å²) in [6.07, 6.45) is 4.44. The van der Waals surface area contributed by atoms with Gasteiger partial charge in [-0.1, -0.05) is 11.8 Å². The van der Waals surface area contributed by atoms with E-state index in [2.05, 4.69) is 0 Å². The van der Waals surface area contributed by atoms with Crippen LogP contribution in [-0.4, -0.2) is 36.1 Å². The predicted molar refractivity (Wildman–Crippen MR) is 111 cm³/mol. The molecule has 0 saturated carbocycles. The normalized spacial score (nSPS) is 16.3. The monoisotopic (exact) mass is 442 g/mol. The van der Waals surface area contributed by atoms with Gasteiger partial charge in [0, 0.05) is 5.22 Å². The lowest BCUT2D eigenvalue weighted by atomic mass is 10.2. The van der Waals surface area contributed by atoms with Crippen LogP contribution in [0.5, 0.6) is 0 Å². The van der Waals surface area contributed by atoms with E-state index in [1.54, 1.807) is 37.3 Å². The van der Waals surface area contributed by atoms with E-state index in [0.29, 0.717) is 11.5 Å². The van der Waals surface area contributed by atoms with Gasteiger partial charge < -0.3 is 24.0 Å². The van der Waals surface area contributed by atoms with Crippen LogP contribution in [0.2, 0.25) is 0 Å². The van der Waals surface area contributed by atoms with Crippen LogP contribution in [0.4, 0.5) is 5.69 Å². The molecule has 4 heterocycles. The molecular formula is C21H18N2O7S. The SMILES string of the molecule is CCOC(=O)c1c(N)/c(=C\c2ccco2)c2n1C(=O)[C@H](c1ccco1)SC=2C(=O)OC. The fourth-order valence-corrected chi connectivity index (χ4v) is 4.50. The van der Waals surface area contributed by atoms with Crippen molar-refractivity contribution in [3.05, 3.63) is 64.6 Å². The summed E-state index contributed by atoms with van der Waals surface area (Å²) in [5.41, 5.74) is 6.13. The molecule has 0 saturated heterocycles. The third-order valence-electron chi connectivity index (χ3n) is 4.61. The van der Waals surface area contributed by atoms with E-state index < -0.39 is 23.1 Å². The molecule has 0 bridgehead atoms. The van der Waals surface area contributed by atoms with Crippen molar-refractivity contribution >= 4 is 46.3 Å². The van der Waals surface area contributed by atoms with Crippen molar-refractivity contribution in [1.82, 2.24) is 4.57 Å².